The van der Waals surface area contributed by atoms with Gasteiger partial charge in [0.25, 0.3) is 0 Å². The van der Waals surface area contributed by atoms with E-state index < -0.39 is 43.4 Å². The van der Waals surface area contributed by atoms with Crippen molar-refractivity contribution in [3.05, 3.63) is 11.3 Å². The van der Waals surface area contributed by atoms with E-state index in [0.717, 1.165) is 21.0 Å². The topological polar surface area (TPSA) is 35.5 Å². The highest BCUT2D eigenvalue weighted by Crippen LogP contribution is 2.46. The fraction of sp³-hybridized carbons (Fsp3) is 0.750. The van der Waals surface area contributed by atoms with Crippen LogP contribution in [0.5, 0.6) is 0 Å². The van der Waals surface area contributed by atoms with E-state index in [9.17, 15) is 31.1 Å². The normalized spacial score (nSPS) is 13.6. The Hall–Kier alpha value is -1.19. The summed E-state index contributed by atoms with van der Waals surface area (Å²) in [5.41, 5.74) is -5.06. The van der Waals surface area contributed by atoms with Crippen molar-refractivity contribution in [1.82, 2.24) is 0 Å². The molecule has 0 unspecified atom stereocenters. The number of hydrogen-bond donors (Lipinski definition) is 0. The maximum atomic E-state index is 12.9. The van der Waals surface area contributed by atoms with Crippen LogP contribution in [-0.4, -0.2) is 33.7 Å². The summed E-state index contributed by atoms with van der Waals surface area (Å²) in [7, 11) is -2.00. The van der Waals surface area contributed by atoms with Gasteiger partial charge in [0.2, 0.25) is 8.32 Å². The molecule has 130 valence electrons. The SMILES string of the molecule is COC(=O)C(C)(C)C(O[Si](C)(C)C)=C(C(F)(F)F)C(F)(F)F. The molecule has 10 heteroatoms. The monoisotopic (exact) mass is 352 g/mol. The van der Waals surface area contributed by atoms with Crippen LogP contribution in [0.15, 0.2) is 11.3 Å². The summed E-state index contributed by atoms with van der Waals surface area (Å²) in [6.07, 6.45) is -11.4. The molecule has 0 aliphatic heterocycles. The van der Waals surface area contributed by atoms with Gasteiger partial charge in [0.05, 0.1) is 7.11 Å². The molecule has 0 saturated heterocycles. The van der Waals surface area contributed by atoms with Crippen LogP contribution < -0.4 is 0 Å². The Morgan fingerprint density at radius 1 is 0.909 bits per heavy atom. The Balaban J connectivity index is 6.60. The molecule has 0 bridgehead atoms. The minimum atomic E-state index is -5.72. The molecule has 0 aromatic carbocycles. The highest BCUT2D eigenvalue weighted by molar-refractivity contribution is 6.70. The van der Waals surface area contributed by atoms with Gasteiger partial charge in [-0.3, -0.25) is 4.79 Å². The van der Waals surface area contributed by atoms with Crippen LogP contribution in [0.4, 0.5) is 26.3 Å². The lowest BCUT2D eigenvalue weighted by molar-refractivity contribution is -0.178. The van der Waals surface area contributed by atoms with Gasteiger partial charge >= 0.3 is 18.3 Å². The summed E-state index contributed by atoms with van der Waals surface area (Å²) < 4.78 is 87.0. The summed E-state index contributed by atoms with van der Waals surface area (Å²) >= 11 is 0. The second-order valence-electron chi connectivity index (χ2n) is 6.03. The first-order valence-electron chi connectivity index (χ1n) is 6.11. The van der Waals surface area contributed by atoms with Crippen LogP contribution in [0.3, 0.4) is 0 Å². The third-order valence-corrected chi connectivity index (χ3v) is 3.28. The van der Waals surface area contributed by atoms with Gasteiger partial charge in [-0.2, -0.15) is 26.3 Å². The number of halogens is 6. The van der Waals surface area contributed by atoms with Crippen LogP contribution in [0.1, 0.15) is 13.8 Å². The lowest BCUT2D eigenvalue weighted by Gasteiger charge is -2.34. The third-order valence-electron chi connectivity index (χ3n) is 2.47. The maximum Gasteiger partial charge on any atom is 0.424 e. The van der Waals surface area contributed by atoms with Crippen LogP contribution >= 0.6 is 0 Å². The second-order valence-corrected chi connectivity index (χ2v) is 10.5. The Morgan fingerprint density at radius 3 is 1.50 bits per heavy atom. The zero-order valence-electron chi connectivity index (χ0n) is 13.0. The predicted octanol–water partition coefficient (Wildman–Crippen LogP) is 4.42. The molecular weight excluding hydrogens is 334 g/mol. The number of allylic oxidation sites excluding steroid dienone is 1. The van der Waals surface area contributed by atoms with Crippen LogP contribution in [-0.2, 0) is 14.0 Å². The fourth-order valence-electron chi connectivity index (χ4n) is 1.56. The molecule has 0 aromatic heterocycles. The Labute approximate surface area is 125 Å². The minimum Gasteiger partial charge on any atom is -0.546 e. The van der Waals surface area contributed by atoms with E-state index in [1.165, 1.54) is 19.6 Å². The van der Waals surface area contributed by atoms with Crippen molar-refractivity contribution in [2.45, 2.75) is 45.8 Å². The molecule has 0 atom stereocenters. The van der Waals surface area contributed by atoms with Gasteiger partial charge in [0, 0.05) is 0 Å². The zero-order chi connectivity index (χ0) is 18.1. The Kier molecular flexibility index (Phi) is 5.80. The van der Waals surface area contributed by atoms with E-state index in [-0.39, 0.29) is 0 Å². The molecule has 0 aromatic rings. The molecule has 0 aliphatic rings. The molecule has 0 fully saturated rings. The highest BCUT2D eigenvalue weighted by atomic mass is 28.4. The fourth-order valence-corrected chi connectivity index (χ4v) is 2.53. The first-order chi connectivity index (χ1) is 9.44. The van der Waals surface area contributed by atoms with Gasteiger partial charge in [0.15, 0.2) is 5.57 Å². The van der Waals surface area contributed by atoms with Gasteiger partial charge in [-0.1, -0.05) is 0 Å². The van der Waals surface area contributed by atoms with E-state index in [4.69, 9.17) is 4.43 Å². The van der Waals surface area contributed by atoms with E-state index in [0.29, 0.717) is 0 Å². The number of carbonyl (C=O) groups excluding carboxylic acids is 1. The van der Waals surface area contributed by atoms with Crippen molar-refractivity contribution in [2.75, 3.05) is 7.11 Å². The molecule has 3 nitrogen and oxygen atoms in total. The maximum absolute atomic E-state index is 12.9. The van der Waals surface area contributed by atoms with Gasteiger partial charge in [-0.05, 0) is 33.5 Å². The smallest absolute Gasteiger partial charge is 0.424 e. The molecule has 0 N–H and O–H groups in total. The van der Waals surface area contributed by atoms with Crippen LogP contribution in [0, 0.1) is 5.41 Å². The summed E-state index contributed by atoms with van der Waals surface area (Å²) in [5, 5.41) is 0. The number of rotatable bonds is 4. The zero-order valence-corrected chi connectivity index (χ0v) is 14.0. The molecule has 0 aliphatic carbocycles. The molecule has 0 saturated carbocycles. The Morgan fingerprint density at radius 2 is 1.27 bits per heavy atom. The summed E-state index contributed by atoms with van der Waals surface area (Å²) in [4.78, 5) is 11.7. The van der Waals surface area contributed by atoms with Crippen molar-refractivity contribution in [3.8, 4) is 0 Å². The average molecular weight is 352 g/mol. The predicted molar refractivity (Wildman–Crippen MR) is 69.4 cm³/mol. The quantitative estimate of drug-likeness (QED) is 0.325. The highest BCUT2D eigenvalue weighted by Gasteiger charge is 2.57. The summed E-state index contributed by atoms with van der Waals surface area (Å²) in [6.45, 7) is 6.01. The molecule has 0 spiro atoms. The second kappa shape index (κ2) is 6.13. The van der Waals surface area contributed by atoms with Crippen molar-refractivity contribution in [2.24, 2.45) is 5.41 Å². The summed E-state index contributed by atoms with van der Waals surface area (Å²) in [5.74, 6) is -2.72. The number of esters is 1. The minimum absolute atomic E-state index is 0.872. The summed E-state index contributed by atoms with van der Waals surface area (Å²) in [6, 6.07) is 0. The Bertz CT molecular complexity index is 441. The van der Waals surface area contributed by atoms with E-state index in [2.05, 4.69) is 4.74 Å². The van der Waals surface area contributed by atoms with Gasteiger partial charge in [-0.25, -0.2) is 0 Å². The number of methoxy groups -OCH3 is 1. The standard InChI is InChI=1S/C12H18F6O3Si/c1-10(2,9(19)20-3)8(21-22(4,5)6)7(11(13,14)15)12(16,17)18/h1-6H3. The van der Waals surface area contributed by atoms with E-state index >= 15 is 0 Å². The van der Waals surface area contributed by atoms with Crippen LogP contribution in [0.2, 0.25) is 19.6 Å². The first-order valence-corrected chi connectivity index (χ1v) is 9.52. The van der Waals surface area contributed by atoms with E-state index in [1.807, 2.05) is 0 Å². The number of hydrogen-bond acceptors (Lipinski definition) is 3. The lowest BCUT2D eigenvalue weighted by Crippen LogP contribution is -2.41. The molecule has 0 rings (SSSR count). The molecule has 22 heavy (non-hydrogen) atoms. The van der Waals surface area contributed by atoms with Crippen molar-refractivity contribution < 1.29 is 40.3 Å². The molecule has 0 amide bonds. The number of alkyl halides is 6. The largest absolute Gasteiger partial charge is 0.546 e. The average Bonchev–Trinajstić information content (AvgIpc) is 2.21. The van der Waals surface area contributed by atoms with Gasteiger partial charge in [0.1, 0.15) is 11.2 Å². The molecule has 0 radical (unpaired) electrons. The van der Waals surface area contributed by atoms with Crippen molar-refractivity contribution in [1.29, 1.82) is 0 Å². The first kappa shape index (κ1) is 20.8. The van der Waals surface area contributed by atoms with Gasteiger partial charge in [-0.15, -0.1) is 0 Å². The van der Waals surface area contributed by atoms with Crippen molar-refractivity contribution in [3.63, 3.8) is 0 Å². The molecule has 0 heterocycles. The lowest BCUT2D eigenvalue weighted by atomic mass is 9.87. The van der Waals surface area contributed by atoms with Crippen LogP contribution in [0.25, 0.3) is 0 Å². The molecular formula is C12H18F6O3Si. The number of carbonyl (C=O) groups is 1. The van der Waals surface area contributed by atoms with Crippen molar-refractivity contribution >= 4 is 14.3 Å². The van der Waals surface area contributed by atoms with Gasteiger partial charge < -0.3 is 9.16 Å². The number of ether oxygens (including phenoxy) is 1. The third kappa shape index (κ3) is 5.22. The van der Waals surface area contributed by atoms with E-state index in [1.54, 1.807) is 0 Å².